The quantitative estimate of drug-likeness (QED) is 0.812. The molecular weight excluding hydrogens is 222 g/mol. The molecule has 17 heavy (non-hydrogen) atoms. The van der Waals surface area contributed by atoms with Crippen molar-refractivity contribution in [3.05, 3.63) is 18.7 Å². The van der Waals surface area contributed by atoms with Crippen LogP contribution in [0, 0.1) is 5.92 Å². The molecule has 0 bridgehead atoms. The van der Waals surface area contributed by atoms with Gasteiger partial charge in [0.2, 0.25) is 5.91 Å². The Morgan fingerprint density at radius 2 is 2.29 bits per heavy atom. The monoisotopic (exact) mass is 237 g/mol. The summed E-state index contributed by atoms with van der Waals surface area (Å²) in [7, 11) is 0. The van der Waals surface area contributed by atoms with Crippen LogP contribution in [0.3, 0.4) is 0 Å². The molecule has 1 fully saturated rings. The predicted molar refractivity (Wildman–Crippen MR) is 59.2 cm³/mol. The standard InChI is InChI=1S/C11H15N3O3/c15-10(2-4-13-6-3-12-8-13)14-5-1-9(7-14)11(16)17/h3,6,8-9H,1-2,4-5,7H2,(H,16,17)/t9-/m0/s1. The van der Waals surface area contributed by atoms with Crippen molar-refractivity contribution in [1.29, 1.82) is 0 Å². The van der Waals surface area contributed by atoms with Crippen LogP contribution in [0.4, 0.5) is 0 Å². The van der Waals surface area contributed by atoms with Gasteiger partial charge in [-0.25, -0.2) is 4.98 Å². The third-order valence-electron chi connectivity index (χ3n) is 3.03. The van der Waals surface area contributed by atoms with Gasteiger partial charge in [-0.15, -0.1) is 0 Å². The lowest BCUT2D eigenvalue weighted by Crippen LogP contribution is -2.30. The largest absolute Gasteiger partial charge is 0.481 e. The third-order valence-corrected chi connectivity index (χ3v) is 3.03. The first-order valence-electron chi connectivity index (χ1n) is 5.63. The maximum absolute atomic E-state index is 11.8. The van der Waals surface area contributed by atoms with Gasteiger partial charge in [-0.05, 0) is 6.42 Å². The molecule has 1 N–H and O–H groups in total. The fraction of sp³-hybridized carbons (Fsp3) is 0.545. The molecule has 0 unspecified atom stereocenters. The molecular formula is C11H15N3O3. The second-order valence-corrected chi connectivity index (χ2v) is 4.21. The van der Waals surface area contributed by atoms with E-state index < -0.39 is 11.9 Å². The van der Waals surface area contributed by atoms with E-state index in [1.807, 2.05) is 4.57 Å². The first-order valence-corrected chi connectivity index (χ1v) is 5.63. The number of hydrogen-bond donors (Lipinski definition) is 1. The molecule has 1 saturated heterocycles. The summed E-state index contributed by atoms with van der Waals surface area (Å²) in [5.41, 5.74) is 0. The van der Waals surface area contributed by atoms with E-state index in [1.54, 1.807) is 23.6 Å². The van der Waals surface area contributed by atoms with E-state index in [0.717, 1.165) is 0 Å². The number of rotatable bonds is 4. The van der Waals surface area contributed by atoms with Crippen molar-refractivity contribution in [2.45, 2.75) is 19.4 Å². The second-order valence-electron chi connectivity index (χ2n) is 4.21. The van der Waals surface area contributed by atoms with Crippen molar-refractivity contribution in [3.63, 3.8) is 0 Å². The van der Waals surface area contributed by atoms with Gasteiger partial charge < -0.3 is 14.6 Å². The molecule has 6 heteroatoms. The fourth-order valence-corrected chi connectivity index (χ4v) is 1.99. The highest BCUT2D eigenvalue weighted by molar-refractivity contribution is 5.78. The molecule has 0 radical (unpaired) electrons. The van der Waals surface area contributed by atoms with Gasteiger partial charge in [-0.1, -0.05) is 0 Å². The minimum atomic E-state index is -0.810. The van der Waals surface area contributed by atoms with E-state index >= 15 is 0 Å². The number of imidazole rings is 1. The Hall–Kier alpha value is -1.85. The van der Waals surface area contributed by atoms with E-state index in [1.165, 1.54) is 0 Å². The van der Waals surface area contributed by atoms with Crippen molar-refractivity contribution in [3.8, 4) is 0 Å². The topological polar surface area (TPSA) is 75.4 Å². The molecule has 92 valence electrons. The van der Waals surface area contributed by atoms with Gasteiger partial charge in [0.25, 0.3) is 0 Å². The van der Waals surface area contributed by atoms with Crippen LogP contribution < -0.4 is 0 Å². The van der Waals surface area contributed by atoms with E-state index in [4.69, 9.17) is 5.11 Å². The fourth-order valence-electron chi connectivity index (χ4n) is 1.99. The molecule has 2 rings (SSSR count). The number of nitrogens with zero attached hydrogens (tertiary/aromatic N) is 3. The highest BCUT2D eigenvalue weighted by atomic mass is 16.4. The number of amides is 1. The van der Waals surface area contributed by atoms with Crippen LogP contribution in [-0.4, -0.2) is 44.5 Å². The van der Waals surface area contributed by atoms with Gasteiger partial charge in [0.05, 0.1) is 12.2 Å². The number of carbonyl (C=O) groups is 2. The Labute approximate surface area is 98.9 Å². The zero-order chi connectivity index (χ0) is 12.3. The minimum absolute atomic E-state index is 0.0162. The van der Waals surface area contributed by atoms with Crippen LogP contribution in [0.25, 0.3) is 0 Å². The SMILES string of the molecule is O=C(O)[C@H]1CCN(C(=O)CCn2ccnc2)C1. The summed E-state index contributed by atoms with van der Waals surface area (Å²) in [6, 6.07) is 0. The normalized spacial score (nSPS) is 19.5. The summed E-state index contributed by atoms with van der Waals surface area (Å²) in [6.45, 7) is 1.49. The lowest BCUT2D eigenvalue weighted by molar-refractivity contribution is -0.141. The minimum Gasteiger partial charge on any atom is -0.481 e. The Bertz CT molecular complexity index is 402. The highest BCUT2D eigenvalue weighted by Crippen LogP contribution is 2.17. The molecule has 0 spiro atoms. The number of carboxylic acid groups (broad SMARTS) is 1. The van der Waals surface area contributed by atoms with Crippen molar-refractivity contribution < 1.29 is 14.7 Å². The van der Waals surface area contributed by atoms with Crippen molar-refractivity contribution in [2.24, 2.45) is 5.92 Å². The van der Waals surface area contributed by atoms with E-state index in [2.05, 4.69) is 4.98 Å². The molecule has 0 saturated carbocycles. The van der Waals surface area contributed by atoms with Crippen molar-refractivity contribution >= 4 is 11.9 Å². The lowest BCUT2D eigenvalue weighted by atomic mass is 10.1. The lowest BCUT2D eigenvalue weighted by Gasteiger charge is -2.15. The van der Waals surface area contributed by atoms with E-state index in [9.17, 15) is 9.59 Å². The summed E-state index contributed by atoms with van der Waals surface area (Å²) < 4.78 is 1.84. The first kappa shape index (κ1) is 11.6. The van der Waals surface area contributed by atoms with Gasteiger partial charge in [-0.2, -0.15) is 0 Å². The first-order chi connectivity index (χ1) is 8.16. The third kappa shape index (κ3) is 2.83. The highest BCUT2D eigenvalue weighted by Gasteiger charge is 2.30. The van der Waals surface area contributed by atoms with Crippen LogP contribution in [-0.2, 0) is 16.1 Å². The summed E-state index contributed by atoms with van der Waals surface area (Å²) in [5, 5.41) is 8.84. The van der Waals surface area contributed by atoms with Gasteiger partial charge in [-0.3, -0.25) is 9.59 Å². The van der Waals surface area contributed by atoms with Crippen LogP contribution in [0.5, 0.6) is 0 Å². The average molecular weight is 237 g/mol. The number of carboxylic acids is 1. The zero-order valence-electron chi connectivity index (χ0n) is 9.45. The molecule has 1 aromatic heterocycles. The van der Waals surface area contributed by atoms with Gasteiger partial charge in [0.1, 0.15) is 0 Å². The number of carbonyl (C=O) groups excluding carboxylic acids is 1. The number of likely N-dealkylation sites (tertiary alicyclic amines) is 1. The number of aliphatic carboxylic acids is 1. The van der Waals surface area contributed by atoms with Crippen LogP contribution in [0.15, 0.2) is 18.7 Å². The van der Waals surface area contributed by atoms with Crippen molar-refractivity contribution in [2.75, 3.05) is 13.1 Å². The van der Waals surface area contributed by atoms with Gasteiger partial charge in [0, 0.05) is 38.4 Å². The molecule has 1 aromatic rings. The maximum Gasteiger partial charge on any atom is 0.308 e. The molecule has 0 aliphatic carbocycles. The Balaban J connectivity index is 1.79. The second kappa shape index (κ2) is 4.99. The van der Waals surface area contributed by atoms with Crippen LogP contribution in [0.2, 0.25) is 0 Å². The van der Waals surface area contributed by atoms with Crippen LogP contribution in [0.1, 0.15) is 12.8 Å². The number of hydrogen-bond acceptors (Lipinski definition) is 3. The summed E-state index contributed by atoms with van der Waals surface area (Å²) in [5.74, 6) is -1.19. The number of aromatic nitrogens is 2. The number of aryl methyl sites for hydroxylation is 1. The molecule has 1 atom stereocenters. The van der Waals surface area contributed by atoms with Crippen molar-refractivity contribution in [1.82, 2.24) is 14.5 Å². The molecule has 6 nitrogen and oxygen atoms in total. The molecule has 2 heterocycles. The molecule has 1 aliphatic rings. The summed E-state index contributed by atoms with van der Waals surface area (Å²) in [6.07, 6.45) is 6.09. The maximum atomic E-state index is 11.8. The Morgan fingerprint density at radius 3 is 2.88 bits per heavy atom. The summed E-state index contributed by atoms with van der Waals surface area (Å²) >= 11 is 0. The molecule has 0 aromatic carbocycles. The van der Waals surface area contributed by atoms with E-state index in [0.29, 0.717) is 32.5 Å². The predicted octanol–water partition coefficient (Wildman–Crippen LogP) is 0.206. The van der Waals surface area contributed by atoms with Crippen LogP contribution >= 0.6 is 0 Å². The Morgan fingerprint density at radius 1 is 1.47 bits per heavy atom. The average Bonchev–Trinajstić information content (AvgIpc) is 2.96. The van der Waals surface area contributed by atoms with E-state index in [-0.39, 0.29) is 5.91 Å². The van der Waals surface area contributed by atoms with Gasteiger partial charge >= 0.3 is 5.97 Å². The Kier molecular flexibility index (Phi) is 3.41. The smallest absolute Gasteiger partial charge is 0.308 e. The van der Waals surface area contributed by atoms with Gasteiger partial charge in [0.15, 0.2) is 0 Å². The zero-order valence-corrected chi connectivity index (χ0v) is 9.45. The molecule has 1 aliphatic heterocycles. The molecule has 1 amide bonds. The summed E-state index contributed by atoms with van der Waals surface area (Å²) in [4.78, 5) is 28.1.